The van der Waals surface area contributed by atoms with Gasteiger partial charge in [0.15, 0.2) is 5.82 Å². The summed E-state index contributed by atoms with van der Waals surface area (Å²) in [5.74, 6) is 7.14. The summed E-state index contributed by atoms with van der Waals surface area (Å²) in [5.41, 5.74) is 8.73. The van der Waals surface area contributed by atoms with Crippen LogP contribution in [-0.4, -0.2) is 103 Å². The zero-order valence-electron chi connectivity index (χ0n) is 39.4. The highest BCUT2D eigenvalue weighted by Crippen LogP contribution is 2.39. The van der Waals surface area contributed by atoms with Crippen molar-refractivity contribution in [2.24, 2.45) is 10.4 Å². The van der Waals surface area contributed by atoms with Crippen LogP contribution in [0.2, 0.25) is 5.02 Å². The summed E-state index contributed by atoms with van der Waals surface area (Å²) in [6.07, 6.45) is 4.21. The molecule has 68 heavy (non-hydrogen) atoms. The number of benzene rings is 2. The molecule has 354 valence electrons. The Hall–Kier alpha value is -6.03. The van der Waals surface area contributed by atoms with E-state index >= 15 is 0 Å². The van der Waals surface area contributed by atoms with E-state index in [0.717, 1.165) is 71.2 Å². The number of fused-ring (bicyclic) bond motifs is 3. The average molecular weight is 976 g/mol. The van der Waals surface area contributed by atoms with Crippen LogP contribution >= 0.6 is 34.3 Å². The summed E-state index contributed by atoms with van der Waals surface area (Å²) < 4.78 is 15.3. The number of aryl methyl sites for hydroxylation is 3. The maximum absolute atomic E-state index is 14.2. The number of aromatic nitrogens is 6. The van der Waals surface area contributed by atoms with E-state index in [9.17, 15) is 14.4 Å². The number of ether oxygens (including phenoxy) is 2. The molecule has 15 nitrogen and oxygen atoms in total. The van der Waals surface area contributed by atoms with Crippen molar-refractivity contribution in [3.05, 3.63) is 121 Å². The third kappa shape index (κ3) is 10.6. The molecule has 2 unspecified atom stereocenters. The second kappa shape index (κ2) is 20.7. The van der Waals surface area contributed by atoms with Gasteiger partial charge in [-0.1, -0.05) is 80.6 Å². The van der Waals surface area contributed by atoms with Crippen LogP contribution in [0, 0.1) is 38.0 Å². The number of carbonyl (C=O) groups excluding carboxylic acids is 3. The zero-order valence-corrected chi connectivity index (χ0v) is 41.8. The van der Waals surface area contributed by atoms with Crippen LogP contribution in [0.5, 0.6) is 0 Å². The molecule has 1 saturated heterocycles. The number of carbonyl (C=O) groups is 3. The molecule has 6 aromatic rings. The van der Waals surface area contributed by atoms with Crippen molar-refractivity contribution in [3.8, 4) is 27.3 Å². The number of nitrogens with zero attached hydrogens (tertiary/aromatic N) is 8. The number of hydrogen-bond acceptors (Lipinski definition) is 12. The molecule has 2 aliphatic heterocycles. The van der Waals surface area contributed by atoms with Crippen LogP contribution in [0.15, 0.2) is 71.4 Å². The maximum atomic E-state index is 14.2. The van der Waals surface area contributed by atoms with Gasteiger partial charge in [0.25, 0.3) is 0 Å². The Morgan fingerprint density at radius 2 is 1.76 bits per heavy atom. The predicted octanol–water partition coefficient (Wildman–Crippen LogP) is 7.58. The van der Waals surface area contributed by atoms with Crippen LogP contribution in [0.25, 0.3) is 15.4 Å². The molecule has 2 N–H and O–H groups in total. The number of aliphatic imine (C=N–C) groups is 1. The predicted molar refractivity (Wildman–Crippen MR) is 264 cm³/mol. The number of nitrogens with one attached hydrogen (secondary N) is 2. The normalized spacial score (nSPS) is 16.7. The van der Waals surface area contributed by atoms with E-state index < -0.39 is 23.4 Å². The highest BCUT2D eigenvalue weighted by Gasteiger charge is 2.41. The Morgan fingerprint density at radius 1 is 1.01 bits per heavy atom. The van der Waals surface area contributed by atoms with Crippen molar-refractivity contribution in [1.82, 2.24) is 45.1 Å². The Balaban J connectivity index is 0.841. The number of rotatable bonds is 13. The van der Waals surface area contributed by atoms with Crippen LogP contribution < -0.4 is 10.6 Å². The Kier molecular flexibility index (Phi) is 14.7. The van der Waals surface area contributed by atoms with Crippen molar-refractivity contribution < 1.29 is 23.9 Å². The first-order valence-electron chi connectivity index (χ1n) is 22.6. The quantitative estimate of drug-likeness (QED) is 0.0875. The average Bonchev–Trinajstić information content (AvgIpc) is 4.11. The van der Waals surface area contributed by atoms with E-state index in [0.29, 0.717) is 24.6 Å². The van der Waals surface area contributed by atoms with Gasteiger partial charge >= 0.3 is 0 Å². The topological polar surface area (TPSA) is 171 Å². The molecule has 4 atom stereocenters. The first-order chi connectivity index (χ1) is 32.6. The van der Waals surface area contributed by atoms with Crippen LogP contribution in [0.3, 0.4) is 0 Å². The number of thiophene rings is 1. The van der Waals surface area contributed by atoms with Gasteiger partial charge in [-0.25, -0.2) is 4.98 Å². The Morgan fingerprint density at radius 3 is 2.49 bits per heavy atom. The van der Waals surface area contributed by atoms with Crippen molar-refractivity contribution in [3.63, 3.8) is 0 Å². The van der Waals surface area contributed by atoms with Crippen molar-refractivity contribution in [1.29, 1.82) is 0 Å². The summed E-state index contributed by atoms with van der Waals surface area (Å²) in [6, 6.07) is 13.4. The van der Waals surface area contributed by atoms with Gasteiger partial charge in [-0.3, -0.25) is 28.6 Å². The van der Waals surface area contributed by atoms with E-state index in [-0.39, 0.29) is 50.3 Å². The number of amides is 3. The SMILES string of the molecule is Cc1ncsc1-c1ccc(C(C)NC(=O)[C@@H]2COCCN2C(=O)C(NC(=O)COCCCn2cc(C#Cc3sc4c(c3C)C(c3ccc(Cl)cc3)=N[C@@H](C)c3nnc(C)n3-4)cn2)C(C)(C)C)cc1. The second-order valence-corrected chi connectivity index (χ2v) is 20.4. The second-order valence-electron chi connectivity index (χ2n) is 18.1. The lowest BCUT2D eigenvalue weighted by atomic mass is 9.85. The van der Waals surface area contributed by atoms with Crippen LogP contribution in [0.4, 0.5) is 0 Å². The standard InChI is InChI=1S/C50H55ClN10O5S2/c1-29-40(68-49-42(29)43(36-15-17-38(51)18-16-36)54-32(4)46-58-57-33(5)61(46)49)19-10-34-24-53-59(25-34)20-9-22-65-27-41(62)56-45(50(6,7)8)48(64)60-21-23-66-26-39(60)47(63)55-30(2)35-11-13-37(14-12-35)44-31(3)52-28-67-44/h11-18,24-25,28,30,32,39,45H,9,20-23,26-27H2,1-8H3,(H,55,63)(H,56,62)/t30?,32-,39-,45?/m0/s1. The lowest BCUT2D eigenvalue weighted by molar-refractivity contribution is -0.153. The summed E-state index contributed by atoms with van der Waals surface area (Å²) in [5, 5.41) is 21.0. The number of halogens is 1. The van der Waals surface area contributed by atoms with E-state index in [1.807, 2.05) is 109 Å². The monoisotopic (exact) mass is 974 g/mol. The fourth-order valence-corrected chi connectivity index (χ4v) is 10.4. The first kappa shape index (κ1) is 48.4. The van der Waals surface area contributed by atoms with Crippen LogP contribution in [-0.2, 0) is 30.4 Å². The number of morpholine rings is 1. The van der Waals surface area contributed by atoms with Crippen molar-refractivity contribution >= 4 is 57.7 Å². The van der Waals surface area contributed by atoms with E-state index in [1.54, 1.807) is 33.6 Å². The molecule has 8 rings (SSSR count). The summed E-state index contributed by atoms with van der Waals surface area (Å²) in [6.45, 7) is 16.7. The van der Waals surface area contributed by atoms with Crippen molar-refractivity contribution in [2.45, 2.75) is 92.5 Å². The molecule has 0 aliphatic carbocycles. The summed E-state index contributed by atoms with van der Waals surface area (Å²) in [4.78, 5) is 54.2. The molecule has 2 aliphatic rings. The molecule has 4 aromatic heterocycles. The molecule has 0 radical (unpaired) electrons. The zero-order chi connectivity index (χ0) is 48.3. The van der Waals surface area contributed by atoms with Crippen LogP contribution in [0.1, 0.15) is 103 Å². The minimum atomic E-state index is -0.907. The van der Waals surface area contributed by atoms with E-state index in [4.69, 9.17) is 26.1 Å². The highest BCUT2D eigenvalue weighted by molar-refractivity contribution is 7.15. The molecule has 6 heterocycles. The molecule has 2 aromatic carbocycles. The number of thiazole rings is 1. The molecule has 1 fully saturated rings. The lowest BCUT2D eigenvalue weighted by Crippen LogP contribution is -2.62. The van der Waals surface area contributed by atoms with Gasteiger partial charge in [-0.15, -0.1) is 32.9 Å². The fraction of sp³-hybridized carbons (Fsp3) is 0.400. The minimum Gasteiger partial charge on any atom is -0.377 e. The molecule has 3 amide bonds. The molecule has 0 spiro atoms. The molecular weight excluding hydrogens is 920 g/mol. The number of hydrogen-bond donors (Lipinski definition) is 2. The Bertz CT molecular complexity index is 2900. The fourth-order valence-electron chi connectivity index (χ4n) is 8.27. The first-order valence-corrected chi connectivity index (χ1v) is 24.6. The molecular formula is C50H55ClN10O5S2. The van der Waals surface area contributed by atoms with Gasteiger partial charge < -0.3 is 25.0 Å². The van der Waals surface area contributed by atoms with Crippen molar-refractivity contribution in [2.75, 3.05) is 33.0 Å². The summed E-state index contributed by atoms with van der Waals surface area (Å²) >= 11 is 9.42. The van der Waals surface area contributed by atoms with E-state index in [2.05, 4.69) is 54.2 Å². The maximum Gasteiger partial charge on any atom is 0.246 e. The van der Waals surface area contributed by atoms with Gasteiger partial charge in [0.1, 0.15) is 35.6 Å². The van der Waals surface area contributed by atoms with Gasteiger partial charge in [-0.05, 0) is 75.3 Å². The highest BCUT2D eigenvalue weighted by atomic mass is 35.5. The van der Waals surface area contributed by atoms with E-state index in [1.165, 1.54) is 4.90 Å². The summed E-state index contributed by atoms with van der Waals surface area (Å²) in [7, 11) is 0. The smallest absolute Gasteiger partial charge is 0.246 e. The van der Waals surface area contributed by atoms with Gasteiger partial charge in [0.05, 0.1) is 57.7 Å². The largest absolute Gasteiger partial charge is 0.377 e. The lowest BCUT2D eigenvalue weighted by Gasteiger charge is -2.40. The van der Waals surface area contributed by atoms with Gasteiger partial charge in [0.2, 0.25) is 17.7 Å². The minimum absolute atomic E-state index is 0.0510. The molecule has 0 bridgehead atoms. The Labute approximate surface area is 409 Å². The third-order valence-corrected chi connectivity index (χ3v) is 14.4. The van der Waals surface area contributed by atoms with Gasteiger partial charge in [0, 0.05) is 42.0 Å². The van der Waals surface area contributed by atoms with Gasteiger partial charge in [-0.2, -0.15) is 5.10 Å². The third-order valence-electron chi connectivity index (χ3n) is 12.0. The molecule has 18 heteroatoms. The molecule has 0 saturated carbocycles.